The molecule has 0 aromatic carbocycles. The van der Waals surface area contributed by atoms with Crippen molar-refractivity contribution in [2.45, 2.75) is 0 Å². The first-order chi connectivity index (χ1) is 3.29. The largest absolute Gasteiger partial charge is 0.401 e. The van der Waals surface area contributed by atoms with Gasteiger partial charge in [-0.2, -0.15) is 0 Å². The molecule has 1 aliphatic rings. The van der Waals surface area contributed by atoms with Crippen LogP contribution in [0.2, 0.25) is 0 Å². The summed E-state index contributed by atoms with van der Waals surface area (Å²) in [5.41, 5.74) is 6.22. The minimum Gasteiger partial charge on any atom is -0.401 e. The van der Waals surface area contributed by atoms with Crippen molar-refractivity contribution in [3.8, 4) is 0 Å². The van der Waals surface area contributed by atoms with Crippen LogP contribution < -0.4 is 5.73 Å². The molecular weight excluding hydrogens is 128 g/mol. The van der Waals surface area contributed by atoms with Crippen LogP contribution in [0.25, 0.3) is 0 Å². The van der Waals surface area contributed by atoms with Crippen LogP contribution in [0.15, 0.2) is 11.1 Å². The maximum absolute atomic E-state index is 7.12. The Labute approximate surface area is 48.5 Å². The quantitative estimate of drug-likeness (QED) is 0.482. The third-order valence-electron chi connectivity index (χ3n) is 0.613. The first-order valence-corrected chi connectivity index (χ1v) is 4.62. The zero-order valence-corrected chi connectivity index (χ0v) is 5.31. The zero-order chi connectivity index (χ0) is 5.28. The van der Waals surface area contributed by atoms with E-state index >= 15 is 0 Å². The topological polar surface area (TPSA) is 49.9 Å². The number of nitrogens with one attached hydrogen (secondary N) is 1. The molecule has 0 saturated carbocycles. The van der Waals surface area contributed by atoms with Crippen molar-refractivity contribution in [3.05, 3.63) is 11.1 Å². The number of rotatable bonds is 0. The lowest BCUT2D eigenvalue weighted by Gasteiger charge is -1.85. The molecule has 0 aromatic rings. The standard InChI is InChI=1S/C3H6N2S2/c4-3-1-6-7(5)2-3/h1,5H,2,4H2. The van der Waals surface area contributed by atoms with Gasteiger partial charge in [-0.05, 0) is 9.72 Å². The second-order valence-electron chi connectivity index (χ2n) is 1.28. The van der Waals surface area contributed by atoms with Gasteiger partial charge in [-0.25, -0.2) is 0 Å². The summed E-state index contributed by atoms with van der Waals surface area (Å²) in [6, 6.07) is 0. The minimum atomic E-state index is -0.254. The third kappa shape index (κ3) is 1.21. The van der Waals surface area contributed by atoms with Crippen LogP contribution in [-0.2, 0) is 9.72 Å². The smallest absolute Gasteiger partial charge is 0.0543 e. The molecule has 4 heteroatoms. The molecule has 1 aliphatic heterocycles. The predicted molar refractivity (Wildman–Crippen MR) is 34.8 cm³/mol. The molecule has 0 bridgehead atoms. The van der Waals surface area contributed by atoms with E-state index in [0.717, 1.165) is 11.4 Å². The molecular formula is C3H6N2S2. The molecule has 0 fully saturated rings. The Balaban J connectivity index is 2.58. The van der Waals surface area contributed by atoms with Crippen LogP contribution in [-0.4, -0.2) is 5.75 Å². The highest BCUT2D eigenvalue weighted by molar-refractivity contribution is 8.71. The summed E-state index contributed by atoms with van der Waals surface area (Å²) >= 11 is 0. The Hall–Kier alpha value is 0.0400. The molecule has 40 valence electrons. The van der Waals surface area contributed by atoms with Gasteiger partial charge in [0.1, 0.15) is 0 Å². The van der Waals surface area contributed by atoms with Crippen LogP contribution in [0.1, 0.15) is 0 Å². The molecule has 1 atom stereocenters. The average Bonchev–Trinajstić information content (AvgIpc) is 1.87. The maximum atomic E-state index is 7.12. The second kappa shape index (κ2) is 1.88. The van der Waals surface area contributed by atoms with Crippen LogP contribution >= 0.6 is 10.8 Å². The summed E-state index contributed by atoms with van der Waals surface area (Å²) < 4.78 is 7.12. The van der Waals surface area contributed by atoms with Crippen LogP contribution in [0.4, 0.5) is 0 Å². The van der Waals surface area contributed by atoms with Gasteiger partial charge in [0, 0.05) is 11.1 Å². The normalized spacial score (nSPS) is 30.3. The van der Waals surface area contributed by atoms with Crippen LogP contribution in [0.5, 0.6) is 0 Å². The summed E-state index contributed by atoms with van der Waals surface area (Å²) in [6.45, 7) is 0. The third-order valence-corrected chi connectivity index (χ3v) is 3.18. The summed E-state index contributed by atoms with van der Waals surface area (Å²) in [7, 11) is 1.26. The molecule has 0 aromatic heterocycles. The maximum Gasteiger partial charge on any atom is 0.0543 e. The molecule has 7 heavy (non-hydrogen) atoms. The van der Waals surface area contributed by atoms with Gasteiger partial charge in [-0.3, -0.25) is 4.78 Å². The zero-order valence-electron chi connectivity index (χ0n) is 3.68. The van der Waals surface area contributed by atoms with E-state index in [4.69, 9.17) is 10.5 Å². The molecule has 0 spiro atoms. The lowest BCUT2D eigenvalue weighted by atomic mass is 10.6. The summed E-state index contributed by atoms with van der Waals surface area (Å²) in [4.78, 5) is 0. The number of hydrogen-bond donors (Lipinski definition) is 2. The van der Waals surface area contributed by atoms with Crippen molar-refractivity contribution in [2.24, 2.45) is 5.73 Å². The Bertz CT molecular complexity index is 129. The second-order valence-corrected chi connectivity index (χ2v) is 4.47. The Morgan fingerprint density at radius 2 is 2.71 bits per heavy atom. The van der Waals surface area contributed by atoms with Gasteiger partial charge >= 0.3 is 0 Å². The highest BCUT2D eigenvalue weighted by atomic mass is 33.1. The summed E-state index contributed by atoms with van der Waals surface area (Å²) in [5, 5.41) is 1.86. The van der Waals surface area contributed by atoms with E-state index in [2.05, 4.69) is 0 Å². The molecule has 3 N–H and O–H groups in total. The highest BCUT2D eigenvalue weighted by Crippen LogP contribution is 2.19. The highest BCUT2D eigenvalue weighted by Gasteiger charge is 2.03. The molecule has 1 heterocycles. The van der Waals surface area contributed by atoms with Gasteiger partial charge in [0.2, 0.25) is 0 Å². The predicted octanol–water partition coefficient (Wildman–Crippen LogP) is 0.829. The fraction of sp³-hybridized carbons (Fsp3) is 0.333. The number of hydrogen-bond acceptors (Lipinski definition) is 3. The van der Waals surface area contributed by atoms with E-state index in [0.29, 0.717) is 0 Å². The van der Waals surface area contributed by atoms with Gasteiger partial charge in [-0.1, -0.05) is 10.8 Å². The Kier molecular flexibility index (Phi) is 1.39. The lowest BCUT2D eigenvalue weighted by molar-refractivity contribution is 1.35. The summed E-state index contributed by atoms with van der Waals surface area (Å²) in [5.74, 6) is 0.769. The Morgan fingerprint density at radius 1 is 2.00 bits per heavy atom. The molecule has 0 radical (unpaired) electrons. The Morgan fingerprint density at radius 3 is 2.86 bits per heavy atom. The minimum absolute atomic E-state index is 0.254. The van der Waals surface area contributed by atoms with Crippen molar-refractivity contribution >= 4 is 20.5 Å². The van der Waals surface area contributed by atoms with E-state index in [9.17, 15) is 0 Å². The van der Waals surface area contributed by atoms with Crippen molar-refractivity contribution in [3.63, 3.8) is 0 Å². The van der Waals surface area contributed by atoms with Crippen molar-refractivity contribution in [1.82, 2.24) is 0 Å². The molecule has 0 saturated heterocycles. The molecule has 2 nitrogen and oxygen atoms in total. The molecule has 0 amide bonds. The molecule has 0 aliphatic carbocycles. The van der Waals surface area contributed by atoms with Crippen LogP contribution in [0, 0.1) is 4.78 Å². The first-order valence-electron chi connectivity index (χ1n) is 1.83. The average molecular weight is 134 g/mol. The fourth-order valence-corrected chi connectivity index (χ4v) is 2.55. The van der Waals surface area contributed by atoms with Crippen molar-refractivity contribution < 1.29 is 0 Å². The van der Waals surface area contributed by atoms with E-state index in [1.165, 1.54) is 10.8 Å². The lowest BCUT2D eigenvalue weighted by Crippen LogP contribution is -1.98. The SMILES string of the molecule is N=S1CC(N)=CS1. The monoisotopic (exact) mass is 134 g/mol. The van der Waals surface area contributed by atoms with E-state index in [1.807, 2.05) is 5.41 Å². The van der Waals surface area contributed by atoms with E-state index < -0.39 is 0 Å². The van der Waals surface area contributed by atoms with Crippen molar-refractivity contribution in [2.75, 3.05) is 5.75 Å². The van der Waals surface area contributed by atoms with Gasteiger partial charge in [-0.15, -0.1) is 0 Å². The van der Waals surface area contributed by atoms with Crippen molar-refractivity contribution in [1.29, 1.82) is 4.78 Å². The fourth-order valence-electron chi connectivity index (χ4n) is 0.339. The number of nitrogens with two attached hydrogens (primary N) is 1. The molecule has 1 rings (SSSR count). The van der Waals surface area contributed by atoms with Gasteiger partial charge in [0.15, 0.2) is 0 Å². The van der Waals surface area contributed by atoms with Crippen LogP contribution in [0.3, 0.4) is 0 Å². The van der Waals surface area contributed by atoms with Gasteiger partial charge < -0.3 is 5.73 Å². The molecule has 1 unspecified atom stereocenters. The first kappa shape index (κ1) is 5.18. The van der Waals surface area contributed by atoms with E-state index in [1.54, 1.807) is 0 Å². The van der Waals surface area contributed by atoms with Gasteiger partial charge in [0.05, 0.1) is 5.75 Å². The van der Waals surface area contributed by atoms with E-state index in [-0.39, 0.29) is 9.72 Å². The van der Waals surface area contributed by atoms with Gasteiger partial charge in [0.25, 0.3) is 0 Å². The summed E-state index contributed by atoms with van der Waals surface area (Å²) in [6.07, 6.45) is 0.